The second kappa shape index (κ2) is 7.26. The van der Waals surface area contributed by atoms with Gasteiger partial charge in [-0.1, -0.05) is 0 Å². The zero-order valence-corrected chi connectivity index (χ0v) is 15.2. The van der Waals surface area contributed by atoms with Crippen molar-refractivity contribution in [1.82, 2.24) is 14.5 Å². The van der Waals surface area contributed by atoms with Gasteiger partial charge in [0.25, 0.3) is 0 Å². The average Bonchev–Trinajstić information content (AvgIpc) is 3.14. The Hall–Kier alpha value is -3.09. The van der Waals surface area contributed by atoms with Crippen LogP contribution in [0.25, 0.3) is 11.0 Å². The van der Waals surface area contributed by atoms with E-state index in [-0.39, 0.29) is 11.7 Å². The first-order valence-corrected chi connectivity index (χ1v) is 9.15. The van der Waals surface area contributed by atoms with Gasteiger partial charge in [-0.05, 0) is 43.4 Å². The van der Waals surface area contributed by atoms with Crippen molar-refractivity contribution in [2.24, 2.45) is 5.92 Å². The smallest absolute Gasteiger partial charge is 0.336 e. The van der Waals surface area contributed by atoms with Gasteiger partial charge in [0.2, 0.25) is 0 Å². The molecule has 0 unspecified atom stereocenters. The van der Waals surface area contributed by atoms with Crippen molar-refractivity contribution in [2.75, 3.05) is 18.4 Å². The van der Waals surface area contributed by atoms with Crippen LogP contribution >= 0.6 is 0 Å². The van der Waals surface area contributed by atoms with Gasteiger partial charge in [-0.15, -0.1) is 0 Å². The number of imidazole rings is 1. The van der Waals surface area contributed by atoms with Crippen LogP contribution in [-0.4, -0.2) is 33.6 Å². The molecule has 2 aromatic heterocycles. The monoisotopic (exact) mass is 366 g/mol. The number of likely N-dealkylation sites (tertiary alicyclic amines) is 1. The van der Waals surface area contributed by atoms with Gasteiger partial charge in [0.1, 0.15) is 5.58 Å². The molecule has 1 N–H and O–H groups in total. The molecule has 4 rings (SSSR count). The number of fused-ring (bicyclic) bond motifs is 1. The molecule has 1 atom stereocenters. The molecule has 7 nitrogen and oxygen atoms in total. The number of carbonyl (C=O) groups is 1. The van der Waals surface area contributed by atoms with Crippen LogP contribution in [0.5, 0.6) is 0 Å². The van der Waals surface area contributed by atoms with Crippen LogP contribution in [0.4, 0.5) is 10.5 Å². The maximum atomic E-state index is 12.7. The number of aromatic nitrogens is 2. The van der Waals surface area contributed by atoms with E-state index in [1.165, 1.54) is 6.07 Å². The summed E-state index contributed by atoms with van der Waals surface area (Å²) in [7, 11) is 0. The average molecular weight is 366 g/mol. The van der Waals surface area contributed by atoms with Crippen molar-refractivity contribution in [3.8, 4) is 0 Å². The van der Waals surface area contributed by atoms with E-state index < -0.39 is 0 Å². The van der Waals surface area contributed by atoms with Crippen LogP contribution in [0.15, 0.2) is 52.2 Å². The summed E-state index contributed by atoms with van der Waals surface area (Å²) in [6, 6.07) is 6.74. The fourth-order valence-corrected chi connectivity index (χ4v) is 3.70. The summed E-state index contributed by atoms with van der Waals surface area (Å²) in [6.07, 6.45) is 7.61. The molecule has 0 radical (unpaired) electrons. The highest BCUT2D eigenvalue weighted by Gasteiger charge is 2.24. The molecule has 140 valence electrons. The van der Waals surface area contributed by atoms with E-state index in [0.29, 0.717) is 23.7 Å². The maximum absolute atomic E-state index is 12.7. The Kier molecular flexibility index (Phi) is 4.66. The molecule has 1 aliphatic heterocycles. The summed E-state index contributed by atoms with van der Waals surface area (Å²) < 4.78 is 7.31. The normalized spacial score (nSPS) is 17.2. The van der Waals surface area contributed by atoms with E-state index in [4.69, 9.17) is 4.42 Å². The van der Waals surface area contributed by atoms with Crippen LogP contribution in [0.3, 0.4) is 0 Å². The Bertz CT molecular complexity index is 1010. The van der Waals surface area contributed by atoms with Crippen LogP contribution in [0.1, 0.15) is 18.4 Å². The standard InChI is InChI=1S/C20H22N4O3/c1-14-9-19(25)27-18-10-16(4-5-17(14)18)22-20(26)24-7-2-3-15(12-24)11-23-8-6-21-13-23/h4-6,8-10,13,15H,2-3,7,11-12H2,1H3,(H,22,26)/t15-/m0/s1. The highest BCUT2D eigenvalue weighted by molar-refractivity contribution is 5.92. The highest BCUT2D eigenvalue weighted by atomic mass is 16.4. The molecule has 3 aromatic rings. The number of amides is 2. The summed E-state index contributed by atoms with van der Waals surface area (Å²) in [5.41, 5.74) is 1.58. The highest BCUT2D eigenvalue weighted by Crippen LogP contribution is 2.22. The van der Waals surface area contributed by atoms with Gasteiger partial charge in [0.15, 0.2) is 0 Å². The number of nitrogens with one attached hydrogen (secondary N) is 1. The number of anilines is 1. The summed E-state index contributed by atoms with van der Waals surface area (Å²) in [5.74, 6) is 0.413. The summed E-state index contributed by atoms with van der Waals surface area (Å²) in [4.78, 5) is 30.2. The molecule has 1 fully saturated rings. The quantitative estimate of drug-likeness (QED) is 0.722. The van der Waals surface area contributed by atoms with E-state index in [0.717, 1.165) is 36.9 Å². The first-order valence-electron chi connectivity index (χ1n) is 9.15. The minimum Gasteiger partial charge on any atom is -0.423 e. The molecule has 0 spiro atoms. The lowest BCUT2D eigenvalue weighted by molar-refractivity contribution is 0.170. The van der Waals surface area contributed by atoms with Crippen molar-refractivity contribution in [3.05, 3.63) is 59.0 Å². The van der Waals surface area contributed by atoms with E-state index in [1.54, 1.807) is 12.3 Å². The molecule has 2 amide bonds. The minimum absolute atomic E-state index is 0.125. The van der Waals surface area contributed by atoms with E-state index in [9.17, 15) is 9.59 Å². The number of hydrogen-bond acceptors (Lipinski definition) is 4. The third-order valence-corrected chi connectivity index (χ3v) is 5.04. The summed E-state index contributed by atoms with van der Waals surface area (Å²) in [5, 5.41) is 3.79. The Labute approximate surface area is 156 Å². The molecule has 0 bridgehead atoms. The molecular weight excluding hydrogens is 344 g/mol. The van der Waals surface area contributed by atoms with Gasteiger partial charge in [-0.25, -0.2) is 14.6 Å². The number of aryl methyl sites for hydroxylation is 1. The lowest BCUT2D eigenvalue weighted by atomic mass is 9.98. The van der Waals surface area contributed by atoms with Crippen LogP contribution in [0, 0.1) is 12.8 Å². The summed E-state index contributed by atoms with van der Waals surface area (Å²) in [6.45, 7) is 4.19. The van der Waals surface area contributed by atoms with Crippen LogP contribution in [0.2, 0.25) is 0 Å². The minimum atomic E-state index is -0.387. The number of piperidine rings is 1. The second-order valence-electron chi connectivity index (χ2n) is 7.10. The zero-order valence-electron chi connectivity index (χ0n) is 15.2. The van der Waals surface area contributed by atoms with Gasteiger partial charge >= 0.3 is 11.7 Å². The van der Waals surface area contributed by atoms with Crippen LogP contribution < -0.4 is 10.9 Å². The zero-order chi connectivity index (χ0) is 18.8. The molecule has 1 saturated heterocycles. The fourth-order valence-electron chi connectivity index (χ4n) is 3.70. The SMILES string of the molecule is Cc1cc(=O)oc2cc(NC(=O)N3CCC[C@@H](Cn4ccnc4)C3)ccc12. The van der Waals surface area contributed by atoms with Gasteiger partial charge in [0, 0.05) is 55.2 Å². The number of nitrogens with zero attached hydrogens (tertiary/aromatic N) is 3. The Morgan fingerprint density at radius 3 is 3.07 bits per heavy atom. The fraction of sp³-hybridized carbons (Fsp3) is 0.350. The van der Waals surface area contributed by atoms with Crippen LogP contribution in [-0.2, 0) is 6.54 Å². The third-order valence-electron chi connectivity index (χ3n) is 5.04. The number of rotatable bonds is 3. The maximum Gasteiger partial charge on any atom is 0.336 e. The van der Waals surface area contributed by atoms with Gasteiger partial charge in [-0.3, -0.25) is 0 Å². The Morgan fingerprint density at radius 2 is 2.26 bits per heavy atom. The first kappa shape index (κ1) is 17.3. The Morgan fingerprint density at radius 1 is 1.37 bits per heavy atom. The second-order valence-corrected chi connectivity index (χ2v) is 7.10. The van der Waals surface area contributed by atoms with Crippen molar-refractivity contribution in [3.63, 3.8) is 0 Å². The number of urea groups is 1. The largest absolute Gasteiger partial charge is 0.423 e. The molecule has 3 heterocycles. The lowest BCUT2D eigenvalue weighted by Crippen LogP contribution is -2.43. The summed E-state index contributed by atoms with van der Waals surface area (Å²) >= 11 is 0. The lowest BCUT2D eigenvalue weighted by Gasteiger charge is -2.33. The predicted octanol–water partition coefficient (Wildman–Crippen LogP) is 3.24. The molecular formula is C20H22N4O3. The van der Waals surface area contributed by atoms with E-state index in [1.807, 2.05) is 36.5 Å². The molecule has 0 saturated carbocycles. The van der Waals surface area contributed by atoms with E-state index in [2.05, 4.69) is 14.9 Å². The number of hydrogen-bond donors (Lipinski definition) is 1. The topological polar surface area (TPSA) is 80.4 Å². The van der Waals surface area contributed by atoms with Crippen molar-refractivity contribution in [2.45, 2.75) is 26.3 Å². The molecule has 27 heavy (non-hydrogen) atoms. The van der Waals surface area contributed by atoms with Crippen molar-refractivity contribution in [1.29, 1.82) is 0 Å². The van der Waals surface area contributed by atoms with Gasteiger partial charge in [0.05, 0.1) is 6.33 Å². The van der Waals surface area contributed by atoms with Crippen molar-refractivity contribution < 1.29 is 9.21 Å². The molecule has 0 aliphatic carbocycles. The molecule has 1 aromatic carbocycles. The third kappa shape index (κ3) is 3.86. The van der Waals surface area contributed by atoms with Crippen molar-refractivity contribution >= 4 is 22.7 Å². The Balaban J connectivity index is 1.45. The van der Waals surface area contributed by atoms with Gasteiger partial charge in [-0.2, -0.15) is 0 Å². The molecule has 7 heteroatoms. The van der Waals surface area contributed by atoms with E-state index >= 15 is 0 Å². The molecule has 1 aliphatic rings. The van der Waals surface area contributed by atoms with Gasteiger partial charge < -0.3 is 19.2 Å². The number of carbonyl (C=O) groups excluding carboxylic acids is 1. The first-order chi connectivity index (χ1) is 13.1. The number of benzene rings is 1. The predicted molar refractivity (Wildman–Crippen MR) is 103 cm³/mol.